The van der Waals surface area contributed by atoms with Gasteiger partial charge < -0.3 is 10.1 Å². The van der Waals surface area contributed by atoms with E-state index in [2.05, 4.69) is 26.2 Å². The zero-order valence-electron chi connectivity index (χ0n) is 10.6. The van der Waals surface area contributed by atoms with E-state index in [1.165, 1.54) is 6.07 Å². The van der Waals surface area contributed by atoms with Crippen LogP contribution < -0.4 is 5.32 Å². The Morgan fingerprint density at radius 2 is 2.26 bits per heavy atom. The van der Waals surface area contributed by atoms with Gasteiger partial charge in [-0.15, -0.1) is 0 Å². The number of halogens is 1. The molecule has 1 aliphatic rings. The van der Waals surface area contributed by atoms with Crippen LogP contribution in [0.5, 0.6) is 0 Å². The molecule has 0 bridgehead atoms. The molecule has 1 N–H and O–H groups in total. The summed E-state index contributed by atoms with van der Waals surface area (Å²) in [6.45, 7) is 3.54. The van der Waals surface area contributed by atoms with Gasteiger partial charge in [0.2, 0.25) is 5.82 Å². The third kappa shape index (κ3) is 3.63. The van der Waals surface area contributed by atoms with Gasteiger partial charge in [0.15, 0.2) is 0 Å². The summed E-state index contributed by atoms with van der Waals surface area (Å²) < 4.78 is 5.92. The van der Waals surface area contributed by atoms with Gasteiger partial charge in [-0.05, 0) is 41.6 Å². The minimum Gasteiger partial charge on any atom is -0.381 e. The maximum absolute atomic E-state index is 11.0. The zero-order valence-corrected chi connectivity index (χ0v) is 12.2. The number of hydrogen-bond acceptors (Lipinski definition) is 5. The Balaban J connectivity index is 2.11. The Bertz CT molecular complexity index is 464. The Morgan fingerprint density at radius 1 is 1.58 bits per heavy atom. The van der Waals surface area contributed by atoms with Crippen molar-refractivity contribution in [1.82, 2.24) is 4.98 Å². The number of pyridine rings is 1. The molecule has 104 valence electrons. The third-order valence-electron chi connectivity index (χ3n) is 3.37. The monoisotopic (exact) mass is 329 g/mol. The van der Waals surface area contributed by atoms with Crippen LogP contribution in [0, 0.1) is 16.0 Å². The second-order valence-corrected chi connectivity index (χ2v) is 5.58. The molecule has 2 heterocycles. The van der Waals surface area contributed by atoms with Crippen molar-refractivity contribution in [3.63, 3.8) is 0 Å². The Labute approximate surface area is 119 Å². The highest BCUT2D eigenvalue weighted by Crippen LogP contribution is 2.28. The van der Waals surface area contributed by atoms with E-state index >= 15 is 0 Å². The summed E-state index contributed by atoms with van der Waals surface area (Å²) in [6.07, 6.45) is 3.50. The predicted molar refractivity (Wildman–Crippen MR) is 75.2 cm³/mol. The van der Waals surface area contributed by atoms with Crippen molar-refractivity contribution in [1.29, 1.82) is 0 Å². The van der Waals surface area contributed by atoms with Gasteiger partial charge in [-0.1, -0.05) is 0 Å². The summed E-state index contributed by atoms with van der Waals surface area (Å²) in [7, 11) is 0. The van der Waals surface area contributed by atoms with Gasteiger partial charge >= 0.3 is 5.69 Å². The van der Waals surface area contributed by atoms with Crippen molar-refractivity contribution in [2.75, 3.05) is 18.5 Å². The quantitative estimate of drug-likeness (QED) is 0.678. The Morgan fingerprint density at radius 3 is 2.89 bits per heavy atom. The highest BCUT2D eigenvalue weighted by molar-refractivity contribution is 9.10. The van der Waals surface area contributed by atoms with Gasteiger partial charge in [-0.25, -0.2) is 4.98 Å². The van der Waals surface area contributed by atoms with Crippen molar-refractivity contribution >= 4 is 27.4 Å². The lowest BCUT2D eigenvalue weighted by Crippen LogP contribution is -2.31. The Hall–Kier alpha value is -1.21. The molecule has 6 nitrogen and oxygen atoms in total. The number of anilines is 1. The van der Waals surface area contributed by atoms with Crippen LogP contribution in [-0.4, -0.2) is 29.2 Å². The minimum absolute atomic E-state index is 0.00622. The van der Waals surface area contributed by atoms with Crippen molar-refractivity contribution in [3.05, 3.63) is 26.9 Å². The molecule has 1 aromatic heterocycles. The van der Waals surface area contributed by atoms with E-state index in [-0.39, 0.29) is 11.7 Å². The molecular weight excluding hydrogens is 314 g/mol. The van der Waals surface area contributed by atoms with Crippen LogP contribution >= 0.6 is 15.9 Å². The van der Waals surface area contributed by atoms with Crippen LogP contribution in [0.2, 0.25) is 0 Å². The van der Waals surface area contributed by atoms with Crippen molar-refractivity contribution in [2.24, 2.45) is 5.92 Å². The number of rotatable bonds is 4. The molecule has 19 heavy (non-hydrogen) atoms. The lowest BCUT2D eigenvalue weighted by Gasteiger charge is -2.28. The molecule has 1 aromatic rings. The maximum atomic E-state index is 11.0. The van der Waals surface area contributed by atoms with E-state index in [1.54, 1.807) is 6.20 Å². The van der Waals surface area contributed by atoms with Gasteiger partial charge in [0.1, 0.15) is 0 Å². The second-order valence-electron chi connectivity index (χ2n) is 4.66. The number of ether oxygens (including phenoxy) is 1. The lowest BCUT2D eigenvalue weighted by molar-refractivity contribution is -0.384. The first-order chi connectivity index (χ1) is 9.08. The Kier molecular flexibility index (Phi) is 4.71. The smallest absolute Gasteiger partial charge is 0.312 e. The van der Waals surface area contributed by atoms with Crippen LogP contribution in [0.15, 0.2) is 16.7 Å². The molecule has 2 rings (SSSR count). The normalized spacial score (nSPS) is 18.0. The molecule has 1 atom stereocenters. The second kappa shape index (κ2) is 6.29. The summed E-state index contributed by atoms with van der Waals surface area (Å²) in [6, 6.07) is 1.60. The van der Waals surface area contributed by atoms with E-state index in [0.717, 1.165) is 26.1 Å². The van der Waals surface area contributed by atoms with Gasteiger partial charge in [0, 0.05) is 36.0 Å². The van der Waals surface area contributed by atoms with E-state index in [1.807, 2.05) is 6.92 Å². The highest BCUT2D eigenvalue weighted by atomic mass is 79.9. The van der Waals surface area contributed by atoms with Crippen LogP contribution in [0.25, 0.3) is 0 Å². The first-order valence-electron chi connectivity index (χ1n) is 6.22. The summed E-state index contributed by atoms with van der Waals surface area (Å²) in [5.41, 5.74) is -0.00622. The topological polar surface area (TPSA) is 77.3 Å². The van der Waals surface area contributed by atoms with E-state index < -0.39 is 4.92 Å². The fourth-order valence-electron chi connectivity index (χ4n) is 2.23. The molecule has 1 aliphatic heterocycles. The van der Waals surface area contributed by atoms with E-state index in [9.17, 15) is 10.1 Å². The summed E-state index contributed by atoms with van der Waals surface area (Å²) in [5.74, 6) is 0.783. The molecule has 7 heteroatoms. The lowest BCUT2D eigenvalue weighted by atomic mass is 9.93. The summed E-state index contributed by atoms with van der Waals surface area (Å²) in [5, 5.41) is 14.2. The van der Waals surface area contributed by atoms with Gasteiger partial charge in [-0.3, -0.25) is 10.1 Å². The summed E-state index contributed by atoms with van der Waals surface area (Å²) >= 11 is 3.20. The van der Waals surface area contributed by atoms with Gasteiger partial charge in [-0.2, -0.15) is 0 Å². The largest absolute Gasteiger partial charge is 0.381 e. The molecule has 0 radical (unpaired) electrons. The van der Waals surface area contributed by atoms with Crippen LogP contribution in [0.1, 0.15) is 19.8 Å². The number of nitrogens with zero attached hydrogens (tertiary/aromatic N) is 2. The van der Waals surface area contributed by atoms with E-state index in [0.29, 0.717) is 16.2 Å². The van der Waals surface area contributed by atoms with E-state index in [4.69, 9.17) is 4.74 Å². The first kappa shape index (κ1) is 14.2. The average Bonchev–Trinajstić information content (AvgIpc) is 2.41. The SMILES string of the molecule is CC(Nc1ncc(Br)cc1[N+](=O)[O-])C1CCOCC1. The first-order valence-corrected chi connectivity index (χ1v) is 7.01. The van der Waals surface area contributed by atoms with Crippen LogP contribution in [0.3, 0.4) is 0 Å². The fourth-order valence-corrected chi connectivity index (χ4v) is 2.55. The number of aromatic nitrogens is 1. The molecule has 0 aliphatic carbocycles. The molecule has 1 unspecified atom stereocenters. The molecular formula is C12H16BrN3O3. The third-order valence-corrected chi connectivity index (χ3v) is 3.80. The molecule has 0 spiro atoms. The van der Waals surface area contributed by atoms with Gasteiger partial charge in [0.25, 0.3) is 0 Å². The molecule has 0 aromatic carbocycles. The number of hydrogen-bond donors (Lipinski definition) is 1. The van der Waals surface area contributed by atoms with Gasteiger partial charge in [0.05, 0.1) is 4.92 Å². The zero-order chi connectivity index (χ0) is 13.8. The van der Waals surface area contributed by atoms with Crippen LogP contribution in [-0.2, 0) is 4.74 Å². The standard InChI is InChI=1S/C12H16BrN3O3/c1-8(9-2-4-19-5-3-9)15-12-11(16(17)18)6-10(13)7-14-12/h6-9H,2-5H2,1H3,(H,14,15). The molecule has 0 saturated carbocycles. The fraction of sp³-hybridized carbons (Fsp3) is 0.583. The maximum Gasteiger partial charge on any atom is 0.312 e. The predicted octanol–water partition coefficient (Wildman–Crippen LogP) is 2.98. The van der Waals surface area contributed by atoms with Crippen molar-refractivity contribution < 1.29 is 9.66 Å². The minimum atomic E-state index is -0.420. The van der Waals surface area contributed by atoms with Crippen molar-refractivity contribution in [3.8, 4) is 0 Å². The molecule has 0 amide bonds. The van der Waals surface area contributed by atoms with Crippen LogP contribution in [0.4, 0.5) is 11.5 Å². The number of nitro groups is 1. The highest BCUT2D eigenvalue weighted by Gasteiger charge is 2.24. The number of nitrogens with one attached hydrogen (secondary N) is 1. The summed E-state index contributed by atoms with van der Waals surface area (Å²) in [4.78, 5) is 14.7. The molecule has 1 saturated heterocycles. The average molecular weight is 330 g/mol. The van der Waals surface area contributed by atoms with Crippen molar-refractivity contribution in [2.45, 2.75) is 25.8 Å². The molecule has 1 fully saturated rings.